The molecule has 0 aliphatic carbocycles. The van der Waals surface area contributed by atoms with Gasteiger partial charge in [0.05, 0.1) is 25.3 Å². The van der Waals surface area contributed by atoms with Crippen molar-refractivity contribution >= 4 is 57.3 Å². The van der Waals surface area contributed by atoms with E-state index in [1.807, 2.05) is 31.2 Å². The Morgan fingerprint density at radius 3 is 2.57 bits per heavy atom. The van der Waals surface area contributed by atoms with Crippen molar-refractivity contribution in [1.29, 1.82) is 0 Å². The normalized spacial score (nSPS) is 15.8. The Morgan fingerprint density at radius 2 is 1.86 bits per heavy atom. The number of hydrogen-bond acceptors (Lipinski definition) is 10. The maximum Gasteiger partial charge on any atom is 0.301 e. The molecule has 1 fully saturated rings. The first-order chi connectivity index (χ1) is 21.4. The van der Waals surface area contributed by atoms with Crippen molar-refractivity contribution in [3.05, 3.63) is 107 Å². The number of aromatic nitrogens is 2. The Labute approximate surface area is 267 Å². The second kappa shape index (κ2) is 14.0. The summed E-state index contributed by atoms with van der Waals surface area (Å²) >= 11 is 8.89. The summed E-state index contributed by atoms with van der Waals surface area (Å²) in [5, 5.41) is 20.9. The molecule has 1 saturated heterocycles. The minimum Gasteiger partial charge on any atom is -0.507 e. The first-order valence-electron chi connectivity index (χ1n) is 13.5. The van der Waals surface area contributed by atoms with Gasteiger partial charge >= 0.3 is 5.91 Å². The third-order valence-corrected chi connectivity index (χ3v) is 9.13. The van der Waals surface area contributed by atoms with E-state index in [-0.39, 0.29) is 23.1 Å². The van der Waals surface area contributed by atoms with Crippen LogP contribution in [0.4, 0.5) is 5.13 Å². The molecule has 5 rings (SSSR count). The van der Waals surface area contributed by atoms with Gasteiger partial charge in [-0.2, -0.15) is 0 Å². The summed E-state index contributed by atoms with van der Waals surface area (Å²) in [5.41, 5.74) is 1.69. The SMILES string of the molecule is C=CCOc1ccc(C2/C(=C(\O)c3ccc(OC)cc3)C(=O)C(=O)N2c2nnc(SCc3ccccc3Cl)s2)cc1OCC. The van der Waals surface area contributed by atoms with Crippen molar-refractivity contribution in [1.82, 2.24) is 10.2 Å². The monoisotopic (exact) mass is 649 g/mol. The lowest BCUT2D eigenvalue weighted by Crippen LogP contribution is -2.29. The van der Waals surface area contributed by atoms with Gasteiger partial charge in [-0.15, -0.1) is 10.2 Å². The zero-order valence-electron chi connectivity index (χ0n) is 23.9. The van der Waals surface area contributed by atoms with Gasteiger partial charge in [0.2, 0.25) is 5.13 Å². The van der Waals surface area contributed by atoms with Gasteiger partial charge in [-0.25, -0.2) is 0 Å². The molecule has 1 aromatic heterocycles. The number of hydrogen-bond donors (Lipinski definition) is 1. The van der Waals surface area contributed by atoms with Gasteiger partial charge in [-0.1, -0.05) is 71.6 Å². The lowest BCUT2D eigenvalue weighted by atomic mass is 9.95. The Bertz CT molecular complexity index is 1720. The predicted octanol–water partition coefficient (Wildman–Crippen LogP) is 7.08. The number of rotatable bonds is 12. The number of Topliss-reactive ketones (excluding diaryl/α,β-unsaturated/α-hetero) is 1. The molecule has 1 atom stereocenters. The van der Waals surface area contributed by atoms with Crippen LogP contribution in [0.15, 0.2) is 89.3 Å². The Kier molecular flexibility index (Phi) is 9.89. The molecule has 1 unspecified atom stereocenters. The summed E-state index contributed by atoms with van der Waals surface area (Å²) in [7, 11) is 1.53. The molecule has 0 spiro atoms. The Balaban J connectivity index is 1.58. The molecule has 44 heavy (non-hydrogen) atoms. The number of ketones is 1. The molecule has 0 bridgehead atoms. The van der Waals surface area contributed by atoms with E-state index in [1.54, 1.807) is 48.5 Å². The van der Waals surface area contributed by atoms with Crippen LogP contribution in [0.3, 0.4) is 0 Å². The summed E-state index contributed by atoms with van der Waals surface area (Å²) in [6.07, 6.45) is 1.62. The fourth-order valence-electron chi connectivity index (χ4n) is 4.59. The maximum atomic E-state index is 13.6. The number of thioether (sulfide) groups is 1. The highest BCUT2D eigenvalue weighted by molar-refractivity contribution is 8.00. The van der Waals surface area contributed by atoms with Crippen molar-refractivity contribution in [2.45, 2.75) is 23.1 Å². The molecule has 0 radical (unpaired) electrons. The van der Waals surface area contributed by atoms with Crippen molar-refractivity contribution in [2.75, 3.05) is 25.2 Å². The molecule has 9 nitrogen and oxygen atoms in total. The number of aliphatic hydroxyl groups excluding tert-OH is 1. The quantitative estimate of drug-likeness (QED) is 0.0430. The molecule has 1 aliphatic rings. The third kappa shape index (κ3) is 6.45. The first-order valence-corrected chi connectivity index (χ1v) is 15.7. The molecule has 1 aliphatic heterocycles. The minimum absolute atomic E-state index is 0.0946. The number of anilines is 1. The van der Waals surface area contributed by atoms with Crippen molar-refractivity contribution in [3.63, 3.8) is 0 Å². The van der Waals surface area contributed by atoms with Crippen LogP contribution in [-0.2, 0) is 15.3 Å². The van der Waals surface area contributed by atoms with Crippen LogP contribution >= 0.6 is 34.7 Å². The molecule has 12 heteroatoms. The van der Waals surface area contributed by atoms with Gasteiger partial charge in [-0.3, -0.25) is 14.5 Å². The Morgan fingerprint density at radius 1 is 1.09 bits per heavy atom. The lowest BCUT2D eigenvalue weighted by Gasteiger charge is -2.23. The zero-order valence-corrected chi connectivity index (χ0v) is 26.2. The highest BCUT2D eigenvalue weighted by Crippen LogP contribution is 2.46. The summed E-state index contributed by atoms with van der Waals surface area (Å²) in [6.45, 7) is 6.13. The fraction of sp³-hybridized carbons (Fsp3) is 0.188. The second-order valence-electron chi connectivity index (χ2n) is 9.37. The number of carbonyl (C=O) groups excluding carboxylic acids is 2. The van der Waals surface area contributed by atoms with Gasteiger partial charge in [-0.05, 0) is 60.5 Å². The van der Waals surface area contributed by atoms with Crippen LogP contribution in [0.25, 0.3) is 5.76 Å². The number of carbonyl (C=O) groups is 2. The van der Waals surface area contributed by atoms with Crippen LogP contribution in [0.2, 0.25) is 5.02 Å². The molecule has 3 aromatic carbocycles. The molecule has 0 saturated carbocycles. The van der Waals surface area contributed by atoms with Gasteiger partial charge in [0.25, 0.3) is 5.78 Å². The van der Waals surface area contributed by atoms with E-state index in [4.69, 9.17) is 25.8 Å². The fourth-order valence-corrected chi connectivity index (χ4v) is 6.75. The summed E-state index contributed by atoms with van der Waals surface area (Å²) in [6, 6.07) is 18.1. The summed E-state index contributed by atoms with van der Waals surface area (Å²) in [5.74, 6) is -0.0285. The van der Waals surface area contributed by atoms with Gasteiger partial charge < -0.3 is 19.3 Å². The van der Waals surface area contributed by atoms with Crippen molar-refractivity contribution in [2.24, 2.45) is 0 Å². The lowest BCUT2D eigenvalue weighted by molar-refractivity contribution is -0.132. The molecule has 1 N–H and O–H groups in total. The van der Waals surface area contributed by atoms with E-state index in [2.05, 4.69) is 16.8 Å². The largest absolute Gasteiger partial charge is 0.507 e. The number of halogens is 1. The van der Waals surface area contributed by atoms with Crippen molar-refractivity contribution in [3.8, 4) is 17.2 Å². The average Bonchev–Trinajstić information content (AvgIpc) is 3.61. The standard InChI is InChI=1S/C32H28ClN3O6S2/c1-4-16-42-24-15-12-20(17-25(24)41-5-2)27-26(28(37)19-10-13-22(40-3)14-11-19)29(38)30(39)36(27)31-34-35-32(44-31)43-18-21-8-6-7-9-23(21)33/h4,6-15,17,27,37H,1,5,16,18H2,2-3H3/b28-26+. The molecule has 1 amide bonds. The van der Waals surface area contributed by atoms with E-state index in [0.29, 0.717) is 50.1 Å². The molecule has 4 aromatic rings. The molecular formula is C32H28ClN3O6S2. The zero-order chi connectivity index (χ0) is 31.2. The molecule has 2 heterocycles. The van der Waals surface area contributed by atoms with Crippen LogP contribution in [0.1, 0.15) is 29.7 Å². The average molecular weight is 650 g/mol. The number of methoxy groups -OCH3 is 1. The van der Waals surface area contributed by atoms with Crippen LogP contribution < -0.4 is 19.1 Å². The minimum atomic E-state index is -1.03. The number of ether oxygens (including phenoxy) is 3. The maximum absolute atomic E-state index is 13.6. The van der Waals surface area contributed by atoms with Crippen LogP contribution in [0.5, 0.6) is 17.2 Å². The number of aliphatic hydroxyl groups is 1. The summed E-state index contributed by atoms with van der Waals surface area (Å²) in [4.78, 5) is 28.5. The highest BCUT2D eigenvalue weighted by Gasteiger charge is 2.48. The second-order valence-corrected chi connectivity index (χ2v) is 12.0. The van der Waals surface area contributed by atoms with E-state index in [1.165, 1.54) is 35.1 Å². The van der Waals surface area contributed by atoms with Crippen molar-refractivity contribution < 1.29 is 28.9 Å². The van der Waals surface area contributed by atoms with Gasteiger partial charge in [0.1, 0.15) is 18.1 Å². The predicted molar refractivity (Wildman–Crippen MR) is 172 cm³/mol. The van der Waals surface area contributed by atoms with Crippen LogP contribution in [-0.4, -0.2) is 47.3 Å². The van der Waals surface area contributed by atoms with E-state index in [9.17, 15) is 14.7 Å². The molecule has 226 valence electrons. The van der Waals surface area contributed by atoms with Gasteiger partial charge in [0.15, 0.2) is 15.8 Å². The Hall–Kier alpha value is -4.32. The highest BCUT2D eigenvalue weighted by atomic mass is 35.5. The van der Waals surface area contributed by atoms with E-state index >= 15 is 0 Å². The number of amides is 1. The van der Waals surface area contributed by atoms with E-state index in [0.717, 1.165) is 5.56 Å². The van der Waals surface area contributed by atoms with Gasteiger partial charge in [0, 0.05) is 16.3 Å². The number of benzene rings is 3. The topological polar surface area (TPSA) is 111 Å². The third-order valence-electron chi connectivity index (χ3n) is 6.66. The number of nitrogens with zero attached hydrogens (tertiary/aromatic N) is 3. The first kappa shape index (κ1) is 31.1. The molecular weight excluding hydrogens is 622 g/mol. The summed E-state index contributed by atoms with van der Waals surface area (Å²) < 4.78 is 17.4. The smallest absolute Gasteiger partial charge is 0.301 e. The van der Waals surface area contributed by atoms with E-state index < -0.39 is 17.7 Å². The van der Waals surface area contributed by atoms with Crippen LogP contribution in [0, 0.1) is 0 Å².